The lowest BCUT2D eigenvalue weighted by Gasteiger charge is -2.18. The van der Waals surface area contributed by atoms with Gasteiger partial charge in [-0.3, -0.25) is 0 Å². The Morgan fingerprint density at radius 2 is 2.37 bits per heavy atom. The van der Waals surface area contributed by atoms with E-state index in [1.54, 1.807) is 0 Å². The number of fused-ring (bicyclic) bond motifs is 1. The molecule has 0 amide bonds. The van der Waals surface area contributed by atoms with E-state index in [9.17, 15) is 0 Å². The van der Waals surface area contributed by atoms with E-state index in [4.69, 9.17) is 4.74 Å². The molecule has 1 aliphatic rings. The topological polar surface area (TPSA) is 38.6 Å². The highest BCUT2D eigenvalue weighted by molar-refractivity contribution is 5.40. The van der Waals surface area contributed by atoms with Crippen molar-refractivity contribution in [1.29, 1.82) is 0 Å². The number of ether oxygens (including phenoxy) is 1. The molecular formula is C15H21N3O. The number of rotatable bonds is 4. The maximum atomic E-state index is 5.90. The molecule has 4 nitrogen and oxygen atoms in total. The van der Waals surface area contributed by atoms with Gasteiger partial charge >= 0.3 is 0 Å². The molecule has 4 heteroatoms. The molecule has 0 saturated carbocycles. The molecule has 0 aliphatic carbocycles. The molecule has 0 radical (unpaired) electrons. The zero-order valence-corrected chi connectivity index (χ0v) is 11.5. The van der Waals surface area contributed by atoms with E-state index in [2.05, 4.69) is 34.7 Å². The predicted octanol–water partition coefficient (Wildman–Crippen LogP) is 2.41. The summed E-state index contributed by atoms with van der Waals surface area (Å²) < 4.78 is 7.96. The van der Waals surface area contributed by atoms with Gasteiger partial charge in [-0.05, 0) is 18.6 Å². The van der Waals surface area contributed by atoms with Gasteiger partial charge in [-0.1, -0.05) is 19.9 Å². The molecule has 1 saturated heterocycles. The van der Waals surface area contributed by atoms with Crippen LogP contribution in [-0.4, -0.2) is 28.6 Å². The number of hydrogen-bond acceptors (Lipinski definition) is 3. The Bertz CT molecular complexity index is 516. The highest BCUT2D eigenvalue weighted by atomic mass is 16.5. The zero-order valence-electron chi connectivity index (χ0n) is 11.5. The molecule has 2 aromatic heterocycles. The number of nitrogens with zero attached hydrogens (tertiary/aromatic N) is 2. The van der Waals surface area contributed by atoms with Crippen LogP contribution in [0.2, 0.25) is 0 Å². The SMILES string of the molecule is CC(C)NCC1CCOC1c1cn2ccccc2n1. The zero-order chi connectivity index (χ0) is 13.2. The van der Waals surface area contributed by atoms with Gasteiger partial charge in [0.1, 0.15) is 11.8 Å². The molecule has 2 atom stereocenters. The highest BCUT2D eigenvalue weighted by Crippen LogP contribution is 2.33. The molecule has 1 N–H and O–H groups in total. The second-order valence-electron chi connectivity index (χ2n) is 5.53. The highest BCUT2D eigenvalue weighted by Gasteiger charge is 2.31. The smallest absolute Gasteiger partial charge is 0.137 e. The molecule has 1 fully saturated rings. The summed E-state index contributed by atoms with van der Waals surface area (Å²) in [7, 11) is 0. The van der Waals surface area contributed by atoms with Gasteiger partial charge in [0, 0.05) is 37.5 Å². The summed E-state index contributed by atoms with van der Waals surface area (Å²) in [5, 5.41) is 3.51. The first-order valence-electron chi connectivity index (χ1n) is 7.02. The summed E-state index contributed by atoms with van der Waals surface area (Å²) in [5.74, 6) is 0.521. The fourth-order valence-corrected chi connectivity index (χ4v) is 2.65. The van der Waals surface area contributed by atoms with Crippen LogP contribution in [0.1, 0.15) is 32.1 Å². The third-order valence-corrected chi connectivity index (χ3v) is 3.68. The van der Waals surface area contributed by atoms with Crippen molar-refractivity contribution in [3.05, 3.63) is 36.3 Å². The molecule has 2 aromatic rings. The van der Waals surface area contributed by atoms with E-state index in [0.717, 1.165) is 30.9 Å². The number of imidazole rings is 1. The van der Waals surface area contributed by atoms with Crippen LogP contribution in [-0.2, 0) is 4.74 Å². The van der Waals surface area contributed by atoms with Gasteiger partial charge in [0.25, 0.3) is 0 Å². The Hall–Kier alpha value is -1.39. The normalized spacial score (nSPS) is 23.5. The van der Waals surface area contributed by atoms with Crippen molar-refractivity contribution in [2.24, 2.45) is 5.92 Å². The van der Waals surface area contributed by atoms with Crippen LogP contribution in [0.15, 0.2) is 30.6 Å². The lowest BCUT2D eigenvalue weighted by molar-refractivity contribution is 0.0871. The van der Waals surface area contributed by atoms with Gasteiger partial charge in [0.15, 0.2) is 0 Å². The Morgan fingerprint density at radius 3 is 3.16 bits per heavy atom. The minimum absolute atomic E-state index is 0.131. The van der Waals surface area contributed by atoms with Crippen LogP contribution in [0.3, 0.4) is 0 Å². The van der Waals surface area contributed by atoms with Crippen molar-refractivity contribution < 1.29 is 4.74 Å². The van der Waals surface area contributed by atoms with Crippen LogP contribution >= 0.6 is 0 Å². The Balaban J connectivity index is 1.79. The summed E-state index contributed by atoms with van der Waals surface area (Å²) in [4.78, 5) is 4.68. The molecule has 19 heavy (non-hydrogen) atoms. The molecule has 2 unspecified atom stereocenters. The van der Waals surface area contributed by atoms with E-state index in [1.165, 1.54) is 0 Å². The van der Waals surface area contributed by atoms with Crippen LogP contribution in [0.4, 0.5) is 0 Å². The first-order valence-corrected chi connectivity index (χ1v) is 7.02. The molecule has 1 aliphatic heterocycles. The van der Waals surface area contributed by atoms with Crippen molar-refractivity contribution in [3.8, 4) is 0 Å². The van der Waals surface area contributed by atoms with E-state index < -0.39 is 0 Å². The third kappa shape index (κ3) is 2.65. The van der Waals surface area contributed by atoms with Gasteiger partial charge in [-0.25, -0.2) is 4.98 Å². The fourth-order valence-electron chi connectivity index (χ4n) is 2.65. The fraction of sp³-hybridized carbons (Fsp3) is 0.533. The summed E-state index contributed by atoms with van der Waals surface area (Å²) in [6, 6.07) is 6.58. The average molecular weight is 259 g/mol. The Kier molecular flexibility index (Phi) is 3.53. The van der Waals surface area contributed by atoms with Gasteiger partial charge in [-0.15, -0.1) is 0 Å². The third-order valence-electron chi connectivity index (χ3n) is 3.68. The van der Waals surface area contributed by atoms with Gasteiger partial charge < -0.3 is 14.5 Å². The van der Waals surface area contributed by atoms with Gasteiger partial charge in [0.2, 0.25) is 0 Å². The first-order chi connectivity index (χ1) is 9.24. The van der Waals surface area contributed by atoms with Crippen molar-refractivity contribution in [2.75, 3.05) is 13.2 Å². The number of pyridine rings is 1. The van der Waals surface area contributed by atoms with Crippen molar-refractivity contribution in [1.82, 2.24) is 14.7 Å². The molecule has 3 heterocycles. The average Bonchev–Trinajstić information content (AvgIpc) is 3.02. The monoisotopic (exact) mass is 259 g/mol. The number of aromatic nitrogens is 2. The van der Waals surface area contributed by atoms with Crippen LogP contribution in [0.25, 0.3) is 5.65 Å². The largest absolute Gasteiger partial charge is 0.371 e. The lowest BCUT2D eigenvalue weighted by Crippen LogP contribution is -2.30. The van der Waals surface area contributed by atoms with E-state index in [1.807, 2.05) is 24.4 Å². The van der Waals surface area contributed by atoms with Crippen molar-refractivity contribution >= 4 is 5.65 Å². The summed E-state index contributed by atoms with van der Waals surface area (Å²) >= 11 is 0. The van der Waals surface area contributed by atoms with Crippen LogP contribution < -0.4 is 5.32 Å². The second kappa shape index (κ2) is 5.31. The van der Waals surface area contributed by atoms with E-state index in [-0.39, 0.29) is 6.10 Å². The standard InChI is InChI=1S/C15H21N3O/c1-11(2)16-9-12-6-8-19-15(12)13-10-18-7-4-3-5-14(18)17-13/h3-5,7,10-12,15-16H,6,8-9H2,1-2H3. The van der Waals surface area contributed by atoms with Crippen molar-refractivity contribution in [2.45, 2.75) is 32.4 Å². The van der Waals surface area contributed by atoms with Crippen LogP contribution in [0.5, 0.6) is 0 Å². The second-order valence-corrected chi connectivity index (χ2v) is 5.53. The molecule has 0 spiro atoms. The first kappa shape index (κ1) is 12.6. The maximum Gasteiger partial charge on any atom is 0.137 e. The Morgan fingerprint density at radius 1 is 1.47 bits per heavy atom. The minimum Gasteiger partial charge on any atom is -0.371 e. The summed E-state index contributed by atoms with van der Waals surface area (Å²) in [6.07, 6.45) is 5.36. The predicted molar refractivity (Wildman–Crippen MR) is 75.1 cm³/mol. The number of hydrogen-bond donors (Lipinski definition) is 1. The maximum absolute atomic E-state index is 5.90. The van der Waals surface area contributed by atoms with Gasteiger partial charge in [-0.2, -0.15) is 0 Å². The molecular weight excluding hydrogens is 238 g/mol. The van der Waals surface area contributed by atoms with Crippen molar-refractivity contribution in [3.63, 3.8) is 0 Å². The minimum atomic E-state index is 0.131. The summed E-state index contributed by atoms with van der Waals surface area (Å²) in [5.41, 5.74) is 2.04. The van der Waals surface area contributed by atoms with E-state index in [0.29, 0.717) is 12.0 Å². The molecule has 0 bridgehead atoms. The number of nitrogens with one attached hydrogen (secondary N) is 1. The lowest BCUT2D eigenvalue weighted by atomic mass is 9.99. The molecule has 0 aromatic carbocycles. The molecule has 3 rings (SSSR count). The van der Waals surface area contributed by atoms with Crippen LogP contribution in [0, 0.1) is 5.92 Å². The molecule has 102 valence electrons. The quantitative estimate of drug-likeness (QED) is 0.916. The van der Waals surface area contributed by atoms with Gasteiger partial charge in [0.05, 0.1) is 5.69 Å². The summed E-state index contributed by atoms with van der Waals surface area (Å²) in [6.45, 7) is 6.19. The Labute approximate surface area is 113 Å². The van der Waals surface area contributed by atoms with E-state index >= 15 is 0 Å².